The van der Waals surface area contributed by atoms with Gasteiger partial charge < -0.3 is 15.8 Å². The largest absolute Gasteiger partial charge is 0.480 e. The van der Waals surface area contributed by atoms with Gasteiger partial charge in [-0.1, -0.05) is 36.4 Å². The Hall–Kier alpha value is -2.49. The third-order valence-electron chi connectivity index (χ3n) is 3.45. The number of nitrogen functional groups attached to an aromatic ring is 1. The number of hydrogen-bond donors (Lipinski definition) is 2. The zero-order valence-electron chi connectivity index (χ0n) is 11.0. The normalized spacial score (nSPS) is 16.3. The lowest BCUT2D eigenvalue weighted by Gasteiger charge is -2.12. The van der Waals surface area contributed by atoms with Gasteiger partial charge in [0.1, 0.15) is 5.75 Å². The maximum Gasteiger partial charge on any atom is 0.261 e. The molecule has 1 atom stereocenters. The molecule has 3 rings (SSSR count). The summed E-state index contributed by atoms with van der Waals surface area (Å²) in [5.41, 5.74) is 8.52. The highest BCUT2D eigenvalue weighted by Crippen LogP contribution is 2.28. The molecule has 20 heavy (non-hydrogen) atoms. The van der Waals surface area contributed by atoms with Crippen LogP contribution in [0.4, 0.5) is 5.69 Å². The number of benzene rings is 2. The van der Waals surface area contributed by atoms with Crippen LogP contribution in [0.5, 0.6) is 5.75 Å². The van der Waals surface area contributed by atoms with Crippen LogP contribution >= 0.6 is 0 Å². The molecule has 1 aliphatic rings. The molecule has 0 saturated heterocycles. The molecule has 1 amide bonds. The van der Waals surface area contributed by atoms with E-state index in [9.17, 15) is 4.79 Å². The van der Waals surface area contributed by atoms with E-state index in [1.807, 2.05) is 48.5 Å². The highest BCUT2D eigenvalue weighted by molar-refractivity contribution is 5.82. The standard InChI is InChI=1S/C16H16N2O2/c17-13-7-3-1-6-12(13)10-18-16(19)15-9-11-5-2-4-8-14(11)20-15/h1-8,15H,9-10,17H2,(H,18,19). The molecule has 0 spiro atoms. The predicted octanol–water partition coefficient (Wildman–Crippen LogP) is 1.89. The number of carbonyl (C=O) groups is 1. The summed E-state index contributed by atoms with van der Waals surface area (Å²) >= 11 is 0. The fourth-order valence-electron chi connectivity index (χ4n) is 2.32. The Labute approximate surface area is 117 Å². The van der Waals surface area contributed by atoms with E-state index in [4.69, 9.17) is 10.5 Å². The molecule has 1 unspecified atom stereocenters. The maximum absolute atomic E-state index is 12.1. The molecule has 4 heteroatoms. The van der Waals surface area contributed by atoms with Crippen LogP contribution in [0.1, 0.15) is 11.1 Å². The number of amides is 1. The van der Waals surface area contributed by atoms with Crippen molar-refractivity contribution in [3.8, 4) is 5.75 Å². The number of anilines is 1. The minimum Gasteiger partial charge on any atom is -0.480 e. The molecule has 1 heterocycles. The molecule has 0 saturated carbocycles. The molecule has 0 aromatic heterocycles. The van der Waals surface area contributed by atoms with Gasteiger partial charge in [0.25, 0.3) is 5.91 Å². The molecule has 0 fully saturated rings. The first kappa shape index (κ1) is 12.5. The summed E-state index contributed by atoms with van der Waals surface area (Å²) in [7, 11) is 0. The van der Waals surface area contributed by atoms with Gasteiger partial charge in [0, 0.05) is 18.7 Å². The number of fused-ring (bicyclic) bond motifs is 1. The lowest BCUT2D eigenvalue weighted by atomic mass is 10.1. The van der Waals surface area contributed by atoms with Crippen molar-refractivity contribution in [1.29, 1.82) is 0 Å². The van der Waals surface area contributed by atoms with Crippen LogP contribution < -0.4 is 15.8 Å². The van der Waals surface area contributed by atoms with Crippen molar-refractivity contribution in [2.75, 3.05) is 5.73 Å². The monoisotopic (exact) mass is 268 g/mol. The summed E-state index contributed by atoms with van der Waals surface area (Å²) in [4.78, 5) is 12.1. The molecule has 0 aliphatic carbocycles. The molecule has 0 radical (unpaired) electrons. The molecule has 4 nitrogen and oxygen atoms in total. The van der Waals surface area contributed by atoms with Gasteiger partial charge in [0.15, 0.2) is 6.10 Å². The van der Waals surface area contributed by atoms with Gasteiger partial charge in [0.05, 0.1) is 0 Å². The van der Waals surface area contributed by atoms with Crippen molar-refractivity contribution < 1.29 is 9.53 Å². The average molecular weight is 268 g/mol. The first-order chi connectivity index (χ1) is 9.74. The van der Waals surface area contributed by atoms with Gasteiger partial charge >= 0.3 is 0 Å². The van der Waals surface area contributed by atoms with Crippen LogP contribution in [0.25, 0.3) is 0 Å². The van der Waals surface area contributed by atoms with Crippen molar-refractivity contribution in [1.82, 2.24) is 5.32 Å². The number of carbonyl (C=O) groups excluding carboxylic acids is 1. The zero-order chi connectivity index (χ0) is 13.9. The van der Waals surface area contributed by atoms with Crippen molar-refractivity contribution in [2.45, 2.75) is 19.1 Å². The summed E-state index contributed by atoms with van der Waals surface area (Å²) < 4.78 is 5.64. The van der Waals surface area contributed by atoms with Gasteiger partial charge in [-0.2, -0.15) is 0 Å². The number of rotatable bonds is 3. The molecule has 2 aromatic carbocycles. The number of nitrogens with two attached hydrogens (primary N) is 1. The Morgan fingerprint density at radius 3 is 2.75 bits per heavy atom. The van der Waals surface area contributed by atoms with Gasteiger partial charge in [-0.3, -0.25) is 4.79 Å². The average Bonchev–Trinajstić information content (AvgIpc) is 2.90. The first-order valence-electron chi connectivity index (χ1n) is 6.59. The summed E-state index contributed by atoms with van der Waals surface area (Å²) in [6.45, 7) is 0.418. The minimum absolute atomic E-state index is 0.107. The van der Waals surface area contributed by atoms with Gasteiger partial charge in [-0.25, -0.2) is 0 Å². The molecular weight excluding hydrogens is 252 g/mol. The SMILES string of the molecule is Nc1ccccc1CNC(=O)C1Cc2ccccc2O1. The molecule has 0 bridgehead atoms. The molecule has 2 aromatic rings. The summed E-state index contributed by atoms with van der Waals surface area (Å²) in [6, 6.07) is 15.2. The lowest BCUT2D eigenvalue weighted by Crippen LogP contribution is -2.37. The van der Waals surface area contributed by atoms with Crippen LogP contribution in [-0.2, 0) is 17.8 Å². The van der Waals surface area contributed by atoms with Crippen LogP contribution in [0, 0.1) is 0 Å². The van der Waals surface area contributed by atoms with Gasteiger partial charge in [0.2, 0.25) is 0 Å². The van der Waals surface area contributed by atoms with Gasteiger partial charge in [-0.05, 0) is 23.3 Å². The second-order valence-electron chi connectivity index (χ2n) is 4.83. The fourth-order valence-corrected chi connectivity index (χ4v) is 2.32. The van der Waals surface area contributed by atoms with Crippen molar-refractivity contribution in [3.05, 3.63) is 59.7 Å². The predicted molar refractivity (Wildman–Crippen MR) is 77.3 cm³/mol. The second kappa shape index (κ2) is 5.25. The molecule has 1 aliphatic heterocycles. The Bertz CT molecular complexity index is 615. The van der Waals surface area contributed by atoms with Crippen LogP contribution in [-0.4, -0.2) is 12.0 Å². The van der Waals surface area contributed by atoms with Crippen molar-refractivity contribution in [2.24, 2.45) is 0 Å². The minimum atomic E-state index is -0.447. The Kier molecular flexibility index (Phi) is 3.29. The van der Waals surface area contributed by atoms with E-state index in [1.54, 1.807) is 0 Å². The first-order valence-corrected chi connectivity index (χ1v) is 6.59. The quantitative estimate of drug-likeness (QED) is 0.835. The van der Waals surface area contributed by atoms with Crippen LogP contribution in [0.15, 0.2) is 48.5 Å². The Balaban J connectivity index is 1.61. The van der Waals surface area contributed by atoms with E-state index in [0.717, 1.165) is 16.9 Å². The van der Waals surface area contributed by atoms with E-state index in [1.165, 1.54) is 0 Å². The molecule has 102 valence electrons. The molecular formula is C16H16N2O2. The Morgan fingerprint density at radius 1 is 1.20 bits per heavy atom. The van der Waals surface area contributed by atoms with Crippen molar-refractivity contribution in [3.63, 3.8) is 0 Å². The van der Waals surface area contributed by atoms with E-state index in [2.05, 4.69) is 5.32 Å². The third kappa shape index (κ3) is 2.45. The van der Waals surface area contributed by atoms with E-state index < -0.39 is 6.10 Å². The van der Waals surface area contributed by atoms with E-state index in [-0.39, 0.29) is 5.91 Å². The third-order valence-corrected chi connectivity index (χ3v) is 3.45. The lowest BCUT2D eigenvalue weighted by molar-refractivity contribution is -0.127. The molecule has 3 N–H and O–H groups in total. The highest BCUT2D eigenvalue weighted by Gasteiger charge is 2.28. The number of ether oxygens (including phenoxy) is 1. The smallest absolute Gasteiger partial charge is 0.261 e. The topological polar surface area (TPSA) is 64.3 Å². The summed E-state index contributed by atoms with van der Waals surface area (Å²) in [5, 5.41) is 2.87. The highest BCUT2D eigenvalue weighted by atomic mass is 16.5. The maximum atomic E-state index is 12.1. The second-order valence-corrected chi connectivity index (χ2v) is 4.83. The fraction of sp³-hybridized carbons (Fsp3) is 0.188. The number of para-hydroxylation sites is 2. The van der Waals surface area contributed by atoms with E-state index >= 15 is 0 Å². The number of hydrogen-bond acceptors (Lipinski definition) is 3. The summed E-state index contributed by atoms with van der Waals surface area (Å²) in [5.74, 6) is 0.691. The zero-order valence-corrected chi connectivity index (χ0v) is 11.0. The Morgan fingerprint density at radius 2 is 1.95 bits per heavy atom. The summed E-state index contributed by atoms with van der Waals surface area (Å²) in [6.07, 6.45) is 0.170. The van der Waals surface area contributed by atoms with E-state index in [0.29, 0.717) is 18.7 Å². The van der Waals surface area contributed by atoms with Crippen molar-refractivity contribution >= 4 is 11.6 Å². The van der Waals surface area contributed by atoms with Crippen LogP contribution in [0.2, 0.25) is 0 Å². The van der Waals surface area contributed by atoms with Crippen LogP contribution in [0.3, 0.4) is 0 Å². The van der Waals surface area contributed by atoms with Gasteiger partial charge in [-0.15, -0.1) is 0 Å². The number of nitrogens with one attached hydrogen (secondary N) is 1.